The Bertz CT molecular complexity index is 1300. The van der Waals surface area contributed by atoms with Crippen LogP contribution in [0.5, 0.6) is 0 Å². The standard InChI is InChI=1S/C24H20FN3O4/c25-16-5-7-17(8-6-16)28-12-15-11-27(10-9-18(15)20(22(26)29)23(28)30)24(31)21-19-4-2-1-3-14(19)13-32-21/h1-8,12,21H,9-11,13H2,(H2,26,29). The molecule has 0 fully saturated rings. The average molecular weight is 433 g/mol. The Morgan fingerprint density at radius 1 is 1.06 bits per heavy atom. The third-order valence-electron chi connectivity index (χ3n) is 6.03. The van der Waals surface area contributed by atoms with Crippen molar-refractivity contribution in [3.05, 3.63) is 98.7 Å². The maximum atomic E-state index is 13.4. The molecule has 8 heteroatoms. The molecular formula is C24H20FN3O4. The van der Waals surface area contributed by atoms with Gasteiger partial charge in [0.1, 0.15) is 11.4 Å². The lowest BCUT2D eigenvalue weighted by atomic mass is 9.95. The molecule has 0 radical (unpaired) electrons. The van der Waals surface area contributed by atoms with Crippen molar-refractivity contribution in [2.75, 3.05) is 6.54 Å². The molecule has 2 aliphatic rings. The number of pyridine rings is 1. The highest BCUT2D eigenvalue weighted by Gasteiger charge is 2.35. The van der Waals surface area contributed by atoms with Crippen LogP contribution in [0.1, 0.15) is 38.7 Å². The van der Waals surface area contributed by atoms with Crippen LogP contribution in [-0.4, -0.2) is 27.8 Å². The van der Waals surface area contributed by atoms with Crippen molar-refractivity contribution in [3.63, 3.8) is 0 Å². The monoisotopic (exact) mass is 433 g/mol. The molecule has 0 saturated carbocycles. The fourth-order valence-electron chi connectivity index (χ4n) is 4.45. The van der Waals surface area contributed by atoms with E-state index in [9.17, 15) is 18.8 Å². The number of halogens is 1. The summed E-state index contributed by atoms with van der Waals surface area (Å²) >= 11 is 0. The van der Waals surface area contributed by atoms with E-state index in [0.717, 1.165) is 11.1 Å². The van der Waals surface area contributed by atoms with E-state index in [1.165, 1.54) is 28.8 Å². The van der Waals surface area contributed by atoms with Crippen molar-refractivity contribution in [1.29, 1.82) is 0 Å². The van der Waals surface area contributed by atoms with E-state index in [1.54, 1.807) is 11.1 Å². The lowest BCUT2D eigenvalue weighted by Gasteiger charge is -2.32. The van der Waals surface area contributed by atoms with Crippen molar-refractivity contribution in [2.24, 2.45) is 5.73 Å². The quantitative estimate of drug-likeness (QED) is 0.685. The number of ether oxygens (including phenoxy) is 1. The van der Waals surface area contributed by atoms with Gasteiger partial charge < -0.3 is 15.4 Å². The summed E-state index contributed by atoms with van der Waals surface area (Å²) in [6.45, 7) is 0.930. The summed E-state index contributed by atoms with van der Waals surface area (Å²) in [6.07, 6.45) is 1.25. The Morgan fingerprint density at radius 2 is 1.81 bits per heavy atom. The number of carbonyl (C=O) groups excluding carboxylic acids is 2. The molecule has 3 aromatic rings. The van der Waals surface area contributed by atoms with Gasteiger partial charge in [-0.25, -0.2) is 4.39 Å². The van der Waals surface area contributed by atoms with Crippen LogP contribution in [0.2, 0.25) is 0 Å². The first kappa shape index (κ1) is 20.1. The molecule has 1 aromatic heterocycles. The van der Waals surface area contributed by atoms with Gasteiger partial charge in [0.15, 0.2) is 6.10 Å². The predicted molar refractivity (Wildman–Crippen MR) is 114 cm³/mol. The van der Waals surface area contributed by atoms with Gasteiger partial charge in [-0.1, -0.05) is 24.3 Å². The van der Waals surface area contributed by atoms with E-state index in [0.29, 0.717) is 36.4 Å². The first-order valence-electron chi connectivity index (χ1n) is 10.3. The topological polar surface area (TPSA) is 94.6 Å². The zero-order valence-electron chi connectivity index (χ0n) is 17.1. The smallest absolute Gasteiger partial charge is 0.268 e. The van der Waals surface area contributed by atoms with Gasteiger partial charge in [-0.05, 0) is 52.9 Å². The van der Waals surface area contributed by atoms with Gasteiger partial charge in [0.25, 0.3) is 17.4 Å². The number of benzene rings is 2. The SMILES string of the molecule is NC(=O)c1c2c(cn(-c3ccc(F)cc3)c1=O)CN(C(=O)C1OCc3ccccc31)CC2. The fourth-order valence-corrected chi connectivity index (χ4v) is 4.45. The zero-order chi connectivity index (χ0) is 22.4. The Labute approximate surface area is 182 Å². The number of hydrogen-bond donors (Lipinski definition) is 1. The molecule has 0 aliphatic carbocycles. The molecule has 2 amide bonds. The highest BCUT2D eigenvalue weighted by Crippen LogP contribution is 2.33. The van der Waals surface area contributed by atoms with Crippen LogP contribution in [0.3, 0.4) is 0 Å². The Morgan fingerprint density at radius 3 is 2.56 bits per heavy atom. The third kappa shape index (κ3) is 3.29. The van der Waals surface area contributed by atoms with Gasteiger partial charge >= 0.3 is 0 Å². The molecule has 162 valence electrons. The lowest BCUT2D eigenvalue weighted by Crippen LogP contribution is -2.42. The van der Waals surface area contributed by atoms with Gasteiger partial charge in [0, 0.05) is 25.0 Å². The number of fused-ring (bicyclic) bond motifs is 2. The molecule has 2 aliphatic heterocycles. The van der Waals surface area contributed by atoms with Crippen LogP contribution in [0, 0.1) is 5.82 Å². The molecule has 0 bridgehead atoms. The highest BCUT2D eigenvalue weighted by molar-refractivity contribution is 5.94. The second kappa shape index (κ2) is 7.72. The largest absolute Gasteiger partial charge is 0.365 e. The fraction of sp³-hybridized carbons (Fsp3) is 0.208. The van der Waals surface area contributed by atoms with E-state index >= 15 is 0 Å². The first-order chi connectivity index (χ1) is 15.4. The minimum absolute atomic E-state index is 0.0959. The molecule has 5 rings (SSSR count). The Balaban J connectivity index is 1.52. The molecule has 0 spiro atoms. The average Bonchev–Trinajstić information content (AvgIpc) is 3.22. The molecule has 32 heavy (non-hydrogen) atoms. The number of hydrogen-bond acceptors (Lipinski definition) is 4. The second-order valence-electron chi connectivity index (χ2n) is 7.92. The van der Waals surface area contributed by atoms with E-state index in [2.05, 4.69) is 0 Å². The summed E-state index contributed by atoms with van der Waals surface area (Å²) in [5.41, 5.74) is 8.34. The van der Waals surface area contributed by atoms with Crippen LogP contribution in [0.4, 0.5) is 4.39 Å². The number of nitrogens with two attached hydrogens (primary N) is 1. The summed E-state index contributed by atoms with van der Waals surface area (Å²) in [4.78, 5) is 40.1. The van der Waals surface area contributed by atoms with Crippen LogP contribution in [-0.2, 0) is 29.1 Å². The Kier molecular flexibility index (Phi) is 4.86. The molecule has 3 heterocycles. The van der Waals surface area contributed by atoms with Crippen molar-refractivity contribution >= 4 is 11.8 Å². The minimum Gasteiger partial charge on any atom is -0.365 e. The maximum absolute atomic E-state index is 13.4. The number of rotatable bonds is 3. The van der Waals surface area contributed by atoms with Gasteiger partial charge in [0.2, 0.25) is 0 Å². The van der Waals surface area contributed by atoms with Crippen molar-refractivity contribution in [3.8, 4) is 5.69 Å². The third-order valence-corrected chi connectivity index (χ3v) is 6.03. The van der Waals surface area contributed by atoms with E-state index in [4.69, 9.17) is 10.5 Å². The van der Waals surface area contributed by atoms with E-state index in [1.807, 2.05) is 24.3 Å². The summed E-state index contributed by atoms with van der Waals surface area (Å²) in [5, 5.41) is 0. The maximum Gasteiger partial charge on any atom is 0.268 e. The molecule has 2 aromatic carbocycles. The van der Waals surface area contributed by atoms with Crippen LogP contribution < -0.4 is 11.3 Å². The van der Waals surface area contributed by atoms with Crippen molar-refractivity contribution in [1.82, 2.24) is 9.47 Å². The number of amides is 2. The highest BCUT2D eigenvalue weighted by atomic mass is 19.1. The minimum atomic E-state index is -0.824. The van der Waals surface area contributed by atoms with E-state index < -0.39 is 23.4 Å². The molecule has 0 saturated heterocycles. The summed E-state index contributed by atoms with van der Waals surface area (Å²) in [6, 6.07) is 13.0. The molecular weight excluding hydrogens is 413 g/mol. The van der Waals surface area contributed by atoms with Gasteiger partial charge in [-0.15, -0.1) is 0 Å². The van der Waals surface area contributed by atoms with Crippen LogP contribution >= 0.6 is 0 Å². The van der Waals surface area contributed by atoms with Crippen molar-refractivity contribution in [2.45, 2.75) is 25.7 Å². The number of primary amides is 1. The normalized spacial score (nSPS) is 17.0. The molecule has 2 N–H and O–H groups in total. The van der Waals surface area contributed by atoms with Gasteiger partial charge in [-0.3, -0.25) is 19.0 Å². The van der Waals surface area contributed by atoms with Crippen LogP contribution in [0.25, 0.3) is 5.69 Å². The first-order valence-corrected chi connectivity index (χ1v) is 10.3. The summed E-state index contributed by atoms with van der Waals surface area (Å²) in [7, 11) is 0. The lowest BCUT2D eigenvalue weighted by molar-refractivity contribution is -0.144. The van der Waals surface area contributed by atoms with Crippen molar-refractivity contribution < 1.29 is 18.7 Å². The van der Waals surface area contributed by atoms with E-state index in [-0.39, 0.29) is 18.0 Å². The Hall–Kier alpha value is -3.78. The second-order valence-corrected chi connectivity index (χ2v) is 7.92. The summed E-state index contributed by atoms with van der Waals surface area (Å²) < 4.78 is 20.4. The summed E-state index contributed by atoms with van der Waals surface area (Å²) in [5.74, 6) is -1.43. The van der Waals surface area contributed by atoms with Gasteiger partial charge in [0.05, 0.1) is 6.61 Å². The number of aromatic nitrogens is 1. The van der Waals surface area contributed by atoms with Gasteiger partial charge in [-0.2, -0.15) is 0 Å². The predicted octanol–water partition coefficient (Wildman–Crippen LogP) is 2.23. The molecule has 7 nitrogen and oxygen atoms in total. The van der Waals surface area contributed by atoms with Crippen LogP contribution in [0.15, 0.2) is 59.5 Å². The number of nitrogens with zero attached hydrogens (tertiary/aromatic N) is 2. The molecule has 1 atom stereocenters. The number of carbonyl (C=O) groups is 2. The zero-order valence-corrected chi connectivity index (χ0v) is 17.1. The molecule has 1 unspecified atom stereocenters.